The fourth-order valence-corrected chi connectivity index (χ4v) is 4.52. The fraction of sp³-hybridized carbons (Fsp3) is 0.632. The maximum absolute atomic E-state index is 13.1. The lowest BCUT2D eigenvalue weighted by molar-refractivity contribution is -0.147. The summed E-state index contributed by atoms with van der Waals surface area (Å²) in [5, 5.41) is 0.820. The molecule has 2 heterocycles. The van der Waals surface area contributed by atoms with Crippen LogP contribution in [0.5, 0.6) is 0 Å². The number of hydrogen-bond donors (Lipinski definition) is 0. The van der Waals surface area contributed by atoms with Crippen molar-refractivity contribution in [2.45, 2.75) is 58.0 Å². The lowest BCUT2D eigenvalue weighted by Gasteiger charge is -2.44. The minimum Gasteiger partial charge on any atom is -0.341 e. The molecule has 2 fully saturated rings. The zero-order chi connectivity index (χ0) is 16.4. The van der Waals surface area contributed by atoms with E-state index < -0.39 is 0 Å². The maximum Gasteiger partial charge on any atom is 0.243 e. The number of piperidine rings is 1. The Kier molecular flexibility index (Phi) is 4.98. The fourth-order valence-electron chi connectivity index (χ4n) is 4.22. The second-order valence-corrected chi connectivity index (χ2v) is 7.45. The highest BCUT2D eigenvalue weighted by Crippen LogP contribution is 2.39. The molecule has 0 aliphatic carbocycles. The number of carbonyl (C=O) groups is 1. The van der Waals surface area contributed by atoms with Crippen LogP contribution >= 0.6 is 11.6 Å². The molecule has 0 saturated carbocycles. The molecule has 3 rings (SSSR count). The van der Waals surface area contributed by atoms with Gasteiger partial charge in [0.05, 0.1) is 0 Å². The summed E-state index contributed by atoms with van der Waals surface area (Å²) >= 11 is 6.43. The SMILES string of the molecule is CCCN1CCCC2(CCCN2Cc2ccc(C)cc2Cl)C1=O. The number of nitrogens with zero attached hydrogens (tertiary/aromatic N) is 2. The van der Waals surface area contributed by atoms with E-state index >= 15 is 0 Å². The van der Waals surface area contributed by atoms with Crippen molar-refractivity contribution >= 4 is 17.5 Å². The molecule has 1 amide bonds. The topological polar surface area (TPSA) is 23.6 Å². The van der Waals surface area contributed by atoms with Gasteiger partial charge < -0.3 is 4.90 Å². The summed E-state index contributed by atoms with van der Waals surface area (Å²) in [6.07, 6.45) is 5.25. The van der Waals surface area contributed by atoms with Crippen LogP contribution in [-0.4, -0.2) is 40.9 Å². The minimum absolute atomic E-state index is 0.276. The third-order valence-electron chi connectivity index (χ3n) is 5.39. The highest BCUT2D eigenvalue weighted by atomic mass is 35.5. The lowest BCUT2D eigenvalue weighted by Crippen LogP contribution is -2.59. The van der Waals surface area contributed by atoms with E-state index in [9.17, 15) is 4.79 Å². The highest BCUT2D eigenvalue weighted by molar-refractivity contribution is 6.31. The van der Waals surface area contributed by atoms with E-state index in [4.69, 9.17) is 11.6 Å². The van der Waals surface area contributed by atoms with Crippen LogP contribution < -0.4 is 0 Å². The van der Waals surface area contributed by atoms with Gasteiger partial charge in [-0.3, -0.25) is 9.69 Å². The van der Waals surface area contributed by atoms with Crippen molar-refractivity contribution in [3.8, 4) is 0 Å². The van der Waals surface area contributed by atoms with Crippen molar-refractivity contribution in [3.63, 3.8) is 0 Å². The van der Waals surface area contributed by atoms with Crippen LogP contribution in [0.1, 0.15) is 50.2 Å². The number of amides is 1. The van der Waals surface area contributed by atoms with Crippen LogP contribution in [-0.2, 0) is 11.3 Å². The Balaban J connectivity index is 1.82. The molecule has 1 aromatic rings. The Labute approximate surface area is 144 Å². The summed E-state index contributed by atoms with van der Waals surface area (Å²) in [7, 11) is 0. The molecule has 1 spiro atoms. The quantitative estimate of drug-likeness (QED) is 0.830. The van der Waals surface area contributed by atoms with E-state index in [2.05, 4.69) is 35.8 Å². The number of likely N-dealkylation sites (tertiary alicyclic amines) is 2. The highest BCUT2D eigenvalue weighted by Gasteiger charge is 2.50. The van der Waals surface area contributed by atoms with Gasteiger partial charge in [-0.1, -0.05) is 30.7 Å². The van der Waals surface area contributed by atoms with Crippen molar-refractivity contribution < 1.29 is 4.79 Å². The predicted molar refractivity (Wildman–Crippen MR) is 94.7 cm³/mol. The Hall–Kier alpha value is -1.06. The Morgan fingerprint density at radius 2 is 1.96 bits per heavy atom. The van der Waals surface area contributed by atoms with Gasteiger partial charge in [-0.05, 0) is 62.8 Å². The van der Waals surface area contributed by atoms with Gasteiger partial charge in [0.2, 0.25) is 5.91 Å². The second-order valence-electron chi connectivity index (χ2n) is 7.05. The summed E-state index contributed by atoms with van der Waals surface area (Å²) in [5.74, 6) is 0.353. The summed E-state index contributed by atoms with van der Waals surface area (Å²) in [6.45, 7) is 7.79. The Bertz CT molecular complexity index is 587. The maximum atomic E-state index is 13.1. The van der Waals surface area contributed by atoms with E-state index in [1.807, 2.05) is 6.07 Å². The van der Waals surface area contributed by atoms with Crippen LogP contribution in [0.3, 0.4) is 0 Å². The van der Waals surface area contributed by atoms with E-state index in [0.717, 1.165) is 68.9 Å². The van der Waals surface area contributed by atoms with Gasteiger partial charge in [0.15, 0.2) is 0 Å². The van der Waals surface area contributed by atoms with E-state index in [0.29, 0.717) is 5.91 Å². The van der Waals surface area contributed by atoms with Gasteiger partial charge in [-0.25, -0.2) is 0 Å². The molecule has 0 N–H and O–H groups in total. The first kappa shape index (κ1) is 16.8. The molecule has 0 radical (unpaired) electrons. The van der Waals surface area contributed by atoms with Crippen molar-refractivity contribution in [3.05, 3.63) is 34.3 Å². The summed E-state index contributed by atoms with van der Waals surface area (Å²) in [4.78, 5) is 17.6. The largest absolute Gasteiger partial charge is 0.341 e. The zero-order valence-corrected chi connectivity index (χ0v) is 15.0. The number of halogens is 1. The van der Waals surface area contributed by atoms with Crippen molar-refractivity contribution in [2.75, 3.05) is 19.6 Å². The summed E-state index contributed by atoms with van der Waals surface area (Å²) in [5.41, 5.74) is 2.04. The summed E-state index contributed by atoms with van der Waals surface area (Å²) < 4.78 is 0. The third kappa shape index (κ3) is 3.14. The number of rotatable bonds is 4. The Morgan fingerprint density at radius 3 is 2.65 bits per heavy atom. The number of benzene rings is 1. The van der Waals surface area contributed by atoms with Gasteiger partial charge in [0, 0.05) is 24.7 Å². The monoisotopic (exact) mass is 334 g/mol. The van der Waals surface area contributed by atoms with Crippen molar-refractivity contribution in [2.24, 2.45) is 0 Å². The number of carbonyl (C=O) groups excluding carboxylic acids is 1. The molecule has 0 aromatic heterocycles. The van der Waals surface area contributed by atoms with Crippen LogP contribution in [0.25, 0.3) is 0 Å². The third-order valence-corrected chi connectivity index (χ3v) is 5.74. The number of hydrogen-bond acceptors (Lipinski definition) is 2. The smallest absolute Gasteiger partial charge is 0.243 e. The van der Waals surface area contributed by atoms with Gasteiger partial charge in [-0.15, -0.1) is 0 Å². The molecule has 2 aliphatic rings. The molecule has 2 saturated heterocycles. The van der Waals surface area contributed by atoms with Crippen LogP contribution in [0, 0.1) is 6.92 Å². The minimum atomic E-state index is -0.276. The average Bonchev–Trinajstić information content (AvgIpc) is 2.91. The first-order chi connectivity index (χ1) is 11.1. The average molecular weight is 335 g/mol. The van der Waals surface area contributed by atoms with E-state index in [1.165, 1.54) is 5.56 Å². The predicted octanol–water partition coefficient (Wildman–Crippen LogP) is 4.02. The molecule has 4 heteroatoms. The van der Waals surface area contributed by atoms with Gasteiger partial charge in [-0.2, -0.15) is 0 Å². The second kappa shape index (κ2) is 6.82. The molecular weight excluding hydrogens is 308 g/mol. The number of aryl methyl sites for hydroxylation is 1. The van der Waals surface area contributed by atoms with Crippen molar-refractivity contribution in [1.29, 1.82) is 0 Å². The molecule has 126 valence electrons. The zero-order valence-electron chi connectivity index (χ0n) is 14.3. The first-order valence-electron chi connectivity index (χ1n) is 8.86. The van der Waals surface area contributed by atoms with E-state index in [-0.39, 0.29) is 5.54 Å². The van der Waals surface area contributed by atoms with Crippen LogP contribution in [0.15, 0.2) is 18.2 Å². The van der Waals surface area contributed by atoms with Crippen LogP contribution in [0.4, 0.5) is 0 Å². The molecular formula is C19H27ClN2O. The molecule has 2 aliphatic heterocycles. The molecule has 1 unspecified atom stereocenters. The molecule has 0 bridgehead atoms. The van der Waals surface area contributed by atoms with Crippen molar-refractivity contribution in [1.82, 2.24) is 9.80 Å². The first-order valence-corrected chi connectivity index (χ1v) is 9.24. The summed E-state index contributed by atoms with van der Waals surface area (Å²) in [6, 6.07) is 6.24. The molecule has 1 atom stereocenters. The molecule has 1 aromatic carbocycles. The van der Waals surface area contributed by atoms with Gasteiger partial charge in [0.1, 0.15) is 5.54 Å². The lowest BCUT2D eigenvalue weighted by atomic mass is 9.85. The van der Waals surface area contributed by atoms with Gasteiger partial charge >= 0.3 is 0 Å². The van der Waals surface area contributed by atoms with Gasteiger partial charge in [0.25, 0.3) is 0 Å². The standard InChI is InChI=1S/C19H27ClN2O/c1-3-10-21-11-4-8-19(18(21)23)9-5-12-22(19)14-16-7-6-15(2)13-17(16)20/h6-7,13H,3-5,8-12,14H2,1-2H3. The molecule has 23 heavy (non-hydrogen) atoms. The normalized spacial score (nSPS) is 25.5. The Morgan fingerprint density at radius 1 is 1.22 bits per heavy atom. The van der Waals surface area contributed by atoms with E-state index in [1.54, 1.807) is 0 Å². The molecule has 3 nitrogen and oxygen atoms in total. The van der Waals surface area contributed by atoms with Crippen LogP contribution in [0.2, 0.25) is 5.02 Å².